The molecule has 2 N–H and O–H groups in total. The second-order valence-corrected chi connectivity index (χ2v) is 4.17. The molecule has 18 heavy (non-hydrogen) atoms. The van der Waals surface area contributed by atoms with Crippen molar-refractivity contribution in [2.75, 3.05) is 20.0 Å². The van der Waals surface area contributed by atoms with Crippen LogP contribution in [0.5, 0.6) is 11.5 Å². The van der Waals surface area contributed by atoms with Gasteiger partial charge in [-0.2, -0.15) is 0 Å². The van der Waals surface area contributed by atoms with Gasteiger partial charge < -0.3 is 15.2 Å². The molecule has 4 nitrogen and oxygen atoms in total. The molecule has 96 valence electrons. The second kappa shape index (κ2) is 4.72. The summed E-state index contributed by atoms with van der Waals surface area (Å²) in [6.45, 7) is 4.05. The molecule has 1 heterocycles. The minimum Gasteiger partial charge on any atom is -0.493 e. The number of methoxy groups -OCH3 is 2. The number of aryl methyl sites for hydroxylation is 1. The first-order valence-electron chi connectivity index (χ1n) is 5.93. The highest BCUT2D eigenvalue weighted by atomic mass is 16.5. The summed E-state index contributed by atoms with van der Waals surface area (Å²) in [7, 11) is 3.22. The van der Waals surface area contributed by atoms with Crippen molar-refractivity contribution in [1.29, 1.82) is 0 Å². The molecule has 4 heteroatoms. The molecule has 0 fully saturated rings. The molecule has 0 atom stereocenters. The van der Waals surface area contributed by atoms with Gasteiger partial charge in [0.25, 0.3) is 0 Å². The van der Waals surface area contributed by atoms with Gasteiger partial charge in [0, 0.05) is 22.8 Å². The van der Waals surface area contributed by atoms with Crippen LogP contribution in [-0.2, 0) is 6.42 Å². The summed E-state index contributed by atoms with van der Waals surface area (Å²) in [5.41, 5.74) is 9.88. The van der Waals surface area contributed by atoms with Crippen molar-refractivity contribution in [1.82, 2.24) is 4.98 Å². The Balaban J connectivity index is 2.81. The summed E-state index contributed by atoms with van der Waals surface area (Å²) in [5, 5.41) is 0.912. The van der Waals surface area contributed by atoms with Crippen molar-refractivity contribution in [3.05, 3.63) is 23.4 Å². The number of nitrogen functional groups attached to an aromatic ring is 1. The van der Waals surface area contributed by atoms with Gasteiger partial charge in [0.05, 0.1) is 19.7 Å². The summed E-state index contributed by atoms with van der Waals surface area (Å²) in [6, 6.07) is 3.74. The van der Waals surface area contributed by atoms with E-state index in [1.54, 1.807) is 14.2 Å². The molecule has 2 rings (SSSR count). The number of aromatic nitrogens is 1. The fourth-order valence-electron chi connectivity index (χ4n) is 2.23. The van der Waals surface area contributed by atoms with Gasteiger partial charge >= 0.3 is 0 Å². The number of hydrogen-bond acceptors (Lipinski definition) is 4. The van der Waals surface area contributed by atoms with Crippen molar-refractivity contribution < 1.29 is 9.47 Å². The Morgan fingerprint density at radius 3 is 2.33 bits per heavy atom. The van der Waals surface area contributed by atoms with Crippen molar-refractivity contribution in [3.8, 4) is 11.5 Å². The number of fused-ring (bicyclic) bond motifs is 1. The Kier molecular flexibility index (Phi) is 3.28. The SMILES string of the molecule is CCc1c(C)nc2cc(OC)c(OC)cc2c1N. The zero-order valence-electron chi connectivity index (χ0n) is 11.2. The van der Waals surface area contributed by atoms with E-state index in [2.05, 4.69) is 11.9 Å². The van der Waals surface area contributed by atoms with E-state index < -0.39 is 0 Å². The van der Waals surface area contributed by atoms with Crippen LogP contribution in [0.3, 0.4) is 0 Å². The topological polar surface area (TPSA) is 57.4 Å². The molecule has 0 saturated carbocycles. The maximum absolute atomic E-state index is 6.21. The molecular weight excluding hydrogens is 228 g/mol. The lowest BCUT2D eigenvalue weighted by Crippen LogP contribution is -2.01. The quantitative estimate of drug-likeness (QED) is 0.904. The number of ether oxygens (including phenoxy) is 2. The van der Waals surface area contributed by atoms with E-state index in [0.29, 0.717) is 11.5 Å². The molecule has 0 spiro atoms. The van der Waals surface area contributed by atoms with E-state index in [9.17, 15) is 0 Å². The third-order valence-corrected chi connectivity index (χ3v) is 3.20. The first-order chi connectivity index (χ1) is 8.62. The molecule has 0 radical (unpaired) electrons. The average Bonchev–Trinajstić information content (AvgIpc) is 2.37. The predicted molar refractivity (Wildman–Crippen MR) is 73.4 cm³/mol. The Hall–Kier alpha value is -1.97. The van der Waals surface area contributed by atoms with Crippen LogP contribution >= 0.6 is 0 Å². The molecule has 1 aromatic heterocycles. The van der Waals surface area contributed by atoms with Crippen LogP contribution in [0.4, 0.5) is 5.69 Å². The molecule has 0 aliphatic rings. The van der Waals surface area contributed by atoms with Gasteiger partial charge in [-0.1, -0.05) is 6.92 Å². The molecular formula is C14H18N2O2. The van der Waals surface area contributed by atoms with Crippen LogP contribution in [0.2, 0.25) is 0 Å². The Morgan fingerprint density at radius 2 is 1.78 bits per heavy atom. The lowest BCUT2D eigenvalue weighted by Gasteiger charge is -2.13. The van der Waals surface area contributed by atoms with Gasteiger partial charge in [-0.3, -0.25) is 4.98 Å². The average molecular weight is 246 g/mol. The summed E-state index contributed by atoms with van der Waals surface area (Å²) < 4.78 is 10.6. The van der Waals surface area contributed by atoms with Gasteiger partial charge in [0.2, 0.25) is 0 Å². The molecule has 0 aliphatic heterocycles. The normalized spacial score (nSPS) is 10.7. The highest BCUT2D eigenvalue weighted by Gasteiger charge is 2.13. The first-order valence-corrected chi connectivity index (χ1v) is 5.93. The van der Waals surface area contributed by atoms with Gasteiger partial charge in [0.15, 0.2) is 11.5 Å². The third-order valence-electron chi connectivity index (χ3n) is 3.20. The van der Waals surface area contributed by atoms with E-state index in [0.717, 1.165) is 34.3 Å². The van der Waals surface area contributed by atoms with Crippen molar-refractivity contribution in [2.24, 2.45) is 0 Å². The maximum atomic E-state index is 6.21. The Bertz CT molecular complexity index is 594. The number of rotatable bonds is 3. The number of hydrogen-bond donors (Lipinski definition) is 1. The standard InChI is InChI=1S/C14H18N2O2/c1-5-9-8(2)16-11-7-13(18-4)12(17-3)6-10(11)14(9)15/h6-7H,5H2,1-4H3,(H2,15,16). The van der Waals surface area contributed by atoms with E-state index >= 15 is 0 Å². The van der Waals surface area contributed by atoms with Crippen LogP contribution in [-0.4, -0.2) is 19.2 Å². The van der Waals surface area contributed by atoms with E-state index in [4.69, 9.17) is 15.2 Å². The zero-order chi connectivity index (χ0) is 13.3. The van der Waals surface area contributed by atoms with Crippen LogP contribution < -0.4 is 15.2 Å². The maximum Gasteiger partial charge on any atom is 0.162 e. The number of pyridine rings is 1. The van der Waals surface area contributed by atoms with E-state index in [1.807, 2.05) is 19.1 Å². The fourth-order valence-corrected chi connectivity index (χ4v) is 2.23. The lowest BCUT2D eigenvalue weighted by molar-refractivity contribution is 0.356. The molecule has 0 aliphatic carbocycles. The van der Waals surface area contributed by atoms with Crippen LogP contribution in [0, 0.1) is 6.92 Å². The van der Waals surface area contributed by atoms with Gasteiger partial charge in [0.1, 0.15) is 0 Å². The summed E-state index contributed by atoms with van der Waals surface area (Å²) >= 11 is 0. The third kappa shape index (κ3) is 1.83. The number of benzene rings is 1. The van der Waals surface area contributed by atoms with Crippen LogP contribution in [0.15, 0.2) is 12.1 Å². The molecule has 0 unspecified atom stereocenters. The predicted octanol–water partition coefficient (Wildman–Crippen LogP) is 2.71. The molecule has 0 bridgehead atoms. The minimum atomic E-state index is 0.667. The molecule has 1 aromatic carbocycles. The smallest absolute Gasteiger partial charge is 0.162 e. The van der Waals surface area contributed by atoms with Crippen molar-refractivity contribution >= 4 is 16.6 Å². The molecule has 0 saturated heterocycles. The van der Waals surface area contributed by atoms with Crippen LogP contribution in [0.25, 0.3) is 10.9 Å². The fraction of sp³-hybridized carbons (Fsp3) is 0.357. The summed E-state index contributed by atoms with van der Waals surface area (Å²) in [5.74, 6) is 1.34. The van der Waals surface area contributed by atoms with Crippen molar-refractivity contribution in [2.45, 2.75) is 20.3 Å². The summed E-state index contributed by atoms with van der Waals surface area (Å²) in [4.78, 5) is 4.58. The minimum absolute atomic E-state index is 0.667. The highest BCUT2D eigenvalue weighted by Crippen LogP contribution is 2.35. The van der Waals surface area contributed by atoms with Crippen molar-refractivity contribution in [3.63, 3.8) is 0 Å². The number of nitrogens with zero attached hydrogens (tertiary/aromatic N) is 1. The monoisotopic (exact) mass is 246 g/mol. The van der Waals surface area contributed by atoms with E-state index in [1.165, 1.54) is 0 Å². The van der Waals surface area contributed by atoms with Gasteiger partial charge in [-0.05, 0) is 25.0 Å². The first kappa shape index (κ1) is 12.5. The largest absolute Gasteiger partial charge is 0.493 e. The Morgan fingerprint density at radius 1 is 1.17 bits per heavy atom. The zero-order valence-corrected chi connectivity index (χ0v) is 11.2. The number of nitrogens with two attached hydrogens (primary N) is 1. The highest BCUT2D eigenvalue weighted by molar-refractivity contribution is 5.94. The Labute approximate surface area is 107 Å². The lowest BCUT2D eigenvalue weighted by atomic mass is 10.0. The number of anilines is 1. The van der Waals surface area contributed by atoms with E-state index in [-0.39, 0.29) is 0 Å². The van der Waals surface area contributed by atoms with Gasteiger partial charge in [-0.25, -0.2) is 0 Å². The van der Waals surface area contributed by atoms with Crippen LogP contribution in [0.1, 0.15) is 18.2 Å². The second-order valence-electron chi connectivity index (χ2n) is 4.17. The van der Waals surface area contributed by atoms with Gasteiger partial charge in [-0.15, -0.1) is 0 Å². The molecule has 2 aromatic rings. The molecule has 0 amide bonds. The summed E-state index contributed by atoms with van der Waals surface area (Å²) in [6.07, 6.45) is 0.870.